The number of nitrogens with one attached hydrogen (secondary N) is 1. The van der Waals surface area contributed by atoms with E-state index in [1.165, 1.54) is 16.8 Å². The molecule has 0 saturated heterocycles. The van der Waals surface area contributed by atoms with Crippen LogP contribution in [0.15, 0.2) is 40.9 Å². The molecule has 3 nitrogen and oxygen atoms in total. The standard InChI is InChI=1S/C17H19BrN2O/c1-20-8-7-13-9-12(3-5-16(13)20)11-19-14-4-6-17(21-2)15(18)10-14/h3-6,9-10,19H,7-8,11H2,1-2H3. The van der Waals surface area contributed by atoms with Crippen molar-refractivity contribution in [3.05, 3.63) is 52.0 Å². The molecule has 21 heavy (non-hydrogen) atoms. The lowest BCUT2D eigenvalue weighted by atomic mass is 10.1. The number of methoxy groups -OCH3 is 1. The number of likely N-dealkylation sites (N-methyl/N-ethyl adjacent to an activating group) is 1. The molecule has 110 valence electrons. The lowest BCUT2D eigenvalue weighted by Gasteiger charge is -2.13. The Hall–Kier alpha value is -1.68. The van der Waals surface area contributed by atoms with E-state index in [1.54, 1.807) is 7.11 Å². The van der Waals surface area contributed by atoms with Crippen molar-refractivity contribution in [1.82, 2.24) is 0 Å². The summed E-state index contributed by atoms with van der Waals surface area (Å²) in [6, 6.07) is 12.8. The maximum atomic E-state index is 5.24. The van der Waals surface area contributed by atoms with E-state index < -0.39 is 0 Å². The quantitative estimate of drug-likeness (QED) is 0.903. The van der Waals surface area contributed by atoms with E-state index in [4.69, 9.17) is 4.74 Å². The van der Waals surface area contributed by atoms with Gasteiger partial charge in [-0.15, -0.1) is 0 Å². The molecule has 1 aliphatic heterocycles. The number of hydrogen-bond donors (Lipinski definition) is 1. The molecule has 0 unspecified atom stereocenters. The summed E-state index contributed by atoms with van der Waals surface area (Å²) in [5, 5.41) is 3.46. The zero-order valence-electron chi connectivity index (χ0n) is 12.3. The largest absolute Gasteiger partial charge is 0.496 e. The summed E-state index contributed by atoms with van der Waals surface area (Å²) in [4.78, 5) is 2.31. The first-order valence-electron chi connectivity index (χ1n) is 7.08. The molecule has 0 aromatic heterocycles. The zero-order chi connectivity index (χ0) is 14.8. The van der Waals surface area contributed by atoms with Gasteiger partial charge < -0.3 is 15.0 Å². The van der Waals surface area contributed by atoms with Gasteiger partial charge in [0.05, 0.1) is 11.6 Å². The van der Waals surface area contributed by atoms with Crippen LogP contribution < -0.4 is 15.0 Å². The molecular formula is C17H19BrN2O. The minimum atomic E-state index is 0.829. The van der Waals surface area contributed by atoms with Crippen LogP contribution in [-0.4, -0.2) is 20.7 Å². The third kappa shape index (κ3) is 3.00. The maximum absolute atomic E-state index is 5.24. The van der Waals surface area contributed by atoms with Crippen molar-refractivity contribution in [1.29, 1.82) is 0 Å². The number of anilines is 2. The normalized spacial score (nSPS) is 13.2. The van der Waals surface area contributed by atoms with Crippen molar-refractivity contribution < 1.29 is 4.74 Å². The fourth-order valence-electron chi connectivity index (χ4n) is 2.71. The Labute approximate surface area is 134 Å². The van der Waals surface area contributed by atoms with Crippen molar-refractivity contribution in [3.8, 4) is 5.75 Å². The first-order chi connectivity index (χ1) is 10.2. The molecule has 1 heterocycles. The number of ether oxygens (including phenoxy) is 1. The van der Waals surface area contributed by atoms with E-state index in [2.05, 4.69) is 51.4 Å². The van der Waals surface area contributed by atoms with Crippen molar-refractivity contribution >= 4 is 27.3 Å². The third-order valence-corrected chi connectivity index (χ3v) is 4.54. The van der Waals surface area contributed by atoms with Gasteiger partial charge in [0, 0.05) is 31.5 Å². The highest BCUT2D eigenvalue weighted by Crippen LogP contribution is 2.29. The summed E-state index contributed by atoms with van der Waals surface area (Å²) >= 11 is 3.51. The van der Waals surface area contributed by atoms with E-state index in [9.17, 15) is 0 Å². The Bertz CT molecular complexity index is 657. The molecule has 1 N–H and O–H groups in total. The molecule has 0 atom stereocenters. The number of halogens is 1. The fraction of sp³-hybridized carbons (Fsp3) is 0.294. The van der Waals surface area contributed by atoms with Crippen molar-refractivity contribution in [2.75, 3.05) is 30.9 Å². The van der Waals surface area contributed by atoms with Gasteiger partial charge in [0.15, 0.2) is 0 Å². The van der Waals surface area contributed by atoms with Gasteiger partial charge in [-0.3, -0.25) is 0 Å². The Morgan fingerprint density at radius 1 is 1.24 bits per heavy atom. The van der Waals surface area contributed by atoms with Crippen LogP contribution in [0.1, 0.15) is 11.1 Å². The second-order valence-corrected chi connectivity index (χ2v) is 6.19. The van der Waals surface area contributed by atoms with Crippen LogP contribution in [0.4, 0.5) is 11.4 Å². The van der Waals surface area contributed by atoms with Crippen LogP contribution in [0.5, 0.6) is 5.75 Å². The third-order valence-electron chi connectivity index (χ3n) is 3.92. The first-order valence-corrected chi connectivity index (χ1v) is 7.87. The smallest absolute Gasteiger partial charge is 0.133 e. The monoisotopic (exact) mass is 346 g/mol. The van der Waals surface area contributed by atoms with Gasteiger partial charge in [-0.1, -0.05) is 12.1 Å². The SMILES string of the molecule is COc1ccc(NCc2ccc3c(c2)CCN3C)cc1Br. The summed E-state index contributed by atoms with van der Waals surface area (Å²) in [6.45, 7) is 1.95. The number of hydrogen-bond acceptors (Lipinski definition) is 3. The highest BCUT2D eigenvalue weighted by molar-refractivity contribution is 9.10. The van der Waals surface area contributed by atoms with Gasteiger partial charge in [0.1, 0.15) is 5.75 Å². The summed E-state index contributed by atoms with van der Waals surface area (Å²) < 4.78 is 6.21. The van der Waals surface area contributed by atoms with E-state index in [0.29, 0.717) is 0 Å². The minimum Gasteiger partial charge on any atom is -0.496 e. The van der Waals surface area contributed by atoms with Crippen molar-refractivity contribution in [2.24, 2.45) is 0 Å². The van der Waals surface area contributed by atoms with Gasteiger partial charge in [-0.25, -0.2) is 0 Å². The average Bonchev–Trinajstić information content (AvgIpc) is 2.86. The topological polar surface area (TPSA) is 24.5 Å². The Morgan fingerprint density at radius 3 is 2.86 bits per heavy atom. The second-order valence-electron chi connectivity index (χ2n) is 5.34. The number of benzene rings is 2. The van der Waals surface area contributed by atoms with Crippen LogP contribution in [0.25, 0.3) is 0 Å². The molecule has 0 bridgehead atoms. The molecule has 0 aliphatic carbocycles. The van der Waals surface area contributed by atoms with Gasteiger partial charge >= 0.3 is 0 Å². The number of fused-ring (bicyclic) bond motifs is 1. The van der Waals surface area contributed by atoms with Gasteiger partial charge in [-0.05, 0) is 57.7 Å². The molecule has 0 amide bonds. The molecule has 2 aromatic carbocycles. The maximum Gasteiger partial charge on any atom is 0.133 e. The second kappa shape index (κ2) is 5.98. The van der Waals surface area contributed by atoms with Crippen LogP contribution in [0, 0.1) is 0 Å². The summed E-state index contributed by atoms with van der Waals surface area (Å²) in [7, 11) is 3.83. The lowest BCUT2D eigenvalue weighted by molar-refractivity contribution is 0.412. The Kier molecular flexibility index (Phi) is 4.06. The minimum absolute atomic E-state index is 0.829. The molecule has 2 aromatic rings. The summed E-state index contributed by atoms with van der Waals surface area (Å²) in [5.41, 5.74) is 5.22. The van der Waals surface area contributed by atoms with E-state index in [0.717, 1.165) is 35.4 Å². The highest BCUT2D eigenvalue weighted by Gasteiger charge is 2.15. The molecular weight excluding hydrogens is 328 g/mol. The van der Waals surface area contributed by atoms with Crippen molar-refractivity contribution in [2.45, 2.75) is 13.0 Å². The summed E-state index contributed by atoms with van der Waals surface area (Å²) in [6.07, 6.45) is 1.15. The predicted molar refractivity (Wildman–Crippen MR) is 91.4 cm³/mol. The number of nitrogens with zero attached hydrogens (tertiary/aromatic N) is 1. The first kappa shape index (κ1) is 14.3. The van der Waals surface area contributed by atoms with Crippen LogP contribution >= 0.6 is 15.9 Å². The van der Waals surface area contributed by atoms with Crippen LogP contribution in [0.2, 0.25) is 0 Å². The Morgan fingerprint density at radius 2 is 2.10 bits per heavy atom. The van der Waals surface area contributed by atoms with Gasteiger partial charge in [0.2, 0.25) is 0 Å². The molecule has 0 saturated carbocycles. The zero-order valence-corrected chi connectivity index (χ0v) is 13.9. The lowest BCUT2D eigenvalue weighted by Crippen LogP contribution is -2.12. The van der Waals surface area contributed by atoms with Gasteiger partial charge in [0.25, 0.3) is 0 Å². The number of rotatable bonds is 4. The Balaban J connectivity index is 1.69. The van der Waals surface area contributed by atoms with Crippen LogP contribution in [-0.2, 0) is 13.0 Å². The van der Waals surface area contributed by atoms with Gasteiger partial charge in [-0.2, -0.15) is 0 Å². The summed E-state index contributed by atoms with van der Waals surface area (Å²) in [5.74, 6) is 0.848. The van der Waals surface area contributed by atoms with E-state index in [-0.39, 0.29) is 0 Å². The molecule has 3 rings (SSSR count). The molecule has 0 fully saturated rings. The van der Waals surface area contributed by atoms with Crippen LogP contribution in [0.3, 0.4) is 0 Å². The van der Waals surface area contributed by atoms with E-state index >= 15 is 0 Å². The molecule has 0 radical (unpaired) electrons. The molecule has 1 aliphatic rings. The predicted octanol–water partition coefficient (Wildman–Crippen LogP) is 4.06. The van der Waals surface area contributed by atoms with Crippen molar-refractivity contribution in [3.63, 3.8) is 0 Å². The molecule has 4 heteroatoms. The fourth-order valence-corrected chi connectivity index (χ4v) is 3.25. The molecule has 0 spiro atoms. The highest BCUT2D eigenvalue weighted by atomic mass is 79.9. The average molecular weight is 347 g/mol. The van der Waals surface area contributed by atoms with E-state index in [1.807, 2.05) is 18.2 Å².